The summed E-state index contributed by atoms with van der Waals surface area (Å²) in [6.07, 6.45) is 0. The predicted molar refractivity (Wildman–Crippen MR) is 100 cm³/mol. The van der Waals surface area contributed by atoms with Crippen molar-refractivity contribution in [3.63, 3.8) is 0 Å². The van der Waals surface area contributed by atoms with Gasteiger partial charge in [-0.3, -0.25) is 4.90 Å². The van der Waals surface area contributed by atoms with Gasteiger partial charge in [-0.05, 0) is 24.3 Å². The highest BCUT2D eigenvalue weighted by Crippen LogP contribution is 2.20. The standard InChI is InChI=1S/C16H23N5O5S2/c1-12(2)16-18-15(26-19-16)11-20-7-9-21(10-8-20)28(24,25)14-5-3-13(4-6-14)27(17,22)23/h3-6,12H,7-11H2,1-2H3,(H2,17,22,23). The second-order valence-electron chi connectivity index (χ2n) is 6.90. The number of hydrogen-bond donors (Lipinski definition) is 1. The quantitative estimate of drug-likeness (QED) is 0.693. The Balaban J connectivity index is 1.63. The van der Waals surface area contributed by atoms with E-state index < -0.39 is 20.0 Å². The Bertz CT molecular complexity index is 1020. The summed E-state index contributed by atoms with van der Waals surface area (Å²) in [7, 11) is -7.57. The molecule has 0 amide bonds. The van der Waals surface area contributed by atoms with Crippen LogP contribution in [0.15, 0.2) is 38.6 Å². The number of rotatable bonds is 6. The SMILES string of the molecule is CC(C)c1noc(CN2CCN(S(=O)(=O)c3ccc(S(N)(=O)=O)cc3)CC2)n1. The molecule has 1 aromatic carbocycles. The van der Waals surface area contributed by atoms with Crippen LogP contribution in [0.4, 0.5) is 0 Å². The maximum atomic E-state index is 12.8. The van der Waals surface area contributed by atoms with Crippen LogP contribution in [0.1, 0.15) is 31.5 Å². The number of aromatic nitrogens is 2. The molecule has 1 aliphatic heterocycles. The molecule has 2 N–H and O–H groups in total. The van der Waals surface area contributed by atoms with Crippen molar-refractivity contribution in [3.05, 3.63) is 36.0 Å². The molecule has 3 rings (SSSR count). The van der Waals surface area contributed by atoms with Crippen LogP contribution < -0.4 is 5.14 Å². The van der Waals surface area contributed by atoms with Crippen LogP contribution >= 0.6 is 0 Å². The normalized spacial score (nSPS) is 17.3. The summed E-state index contributed by atoms with van der Waals surface area (Å²) in [4.78, 5) is 6.29. The molecule has 1 aliphatic rings. The Morgan fingerprint density at radius 3 is 2.11 bits per heavy atom. The summed E-state index contributed by atoms with van der Waals surface area (Å²) in [5, 5.41) is 8.97. The van der Waals surface area contributed by atoms with Crippen molar-refractivity contribution in [2.24, 2.45) is 5.14 Å². The Morgan fingerprint density at radius 1 is 1.04 bits per heavy atom. The third kappa shape index (κ3) is 4.58. The maximum Gasteiger partial charge on any atom is 0.243 e. The molecule has 12 heteroatoms. The lowest BCUT2D eigenvalue weighted by molar-refractivity contribution is 0.163. The third-order valence-corrected chi connectivity index (χ3v) is 7.32. The van der Waals surface area contributed by atoms with E-state index >= 15 is 0 Å². The zero-order chi connectivity index (χ0) is 20.5. The van der Waals surface area contributed by atoms with Gasteiger partial charge in [0.1, 0.15) is 0 Å². The minimum Gasteiger partial charge on any atom is -0.338 e. The highest BCUT2D eigenvalue weighted by Gasteiger charge is 2.29. The Labute approximate surface area is 164 Å². The van der Waals surface area contributed by atoms with Gasteiger partial charge in [0.15, 0.2) is 5.82 Å². The van der Waals surface area contributed by atoms with Gasteiger partial charge in [0.2, 0.25) is 25.9 Å². The van der Waals surface area contributed by atoms with Gasteiger partial charge in [0.25, 0.3) is 0 Å². The molecule has 1 fully saturated rings. The van der Waals surface area contributed by atoms with E-state index in [1.54, 1.807) is 0 Å². The first-order valence-corrected chi connectivity index (χ1v) is 11.7. The van der Waals surface area contributed by atoms with Crippen LogP contribution in [-0.2, 0) is 26.6 Å². The highest BCUT2D eigenvalue weighted by molar-refractivity contribution is 7.89. The molecule has 0 bridgehead atoms. The second kappa shape index (κ2) is 7.87. The Hall–Kier alpha value is -1.86. The number of benzene rings is 1. The van der Waals surface area contributed by atoms with Crippen LogP contribution in [-0.4, -0.2) is 62.4 Å². The van der Waals surface area contributed by atoms with Crippen molar-refractivity contribution in [2.75, 3.05) is 26.2 Å². The van der Waals surface area contributed by atoms with E-state index in [9.17, 15) is 16.8 Å². The fraction of sp³-hybridized carbons (Fsp3) is 0.500. The molecule has 0 radical (unpaired) electrons. The van der Waals surface area contributed by atoms with Gasteiger partial charge in [0, 0.05) is 32.1 Å². The van der Waals surface area contributed by atoms with E-state index in [0.717, 1.165) is 0 Å². The molecule has 2 aromatic rings. The minimum atomic E-state index is -3.87. The lowest BCUT2D eigenvalue weighted by atomic mass is 10.2. The van der Waals surface area contributed by atoms with Crippen LogP contribution in [0, 0.1) is 0 Å². The minimum absolute atomic E-state index is 0.0341. The number of nitrogens with two attached hydrogens (primary N) is 1. The van der Waals surface area contributed by atoms with Gasteiger partial charge < -0.3 is 4.52 Å². The van der Waals surface area contributed by atoms with Gasteiger partial charge in [-0.1, -0.05) is 19.0 Å². The number of nitrogens with zero attached hydrogens (tertiary/aromatic N) is 4. The average molecular weight is 430 g/mol. The smallest absolute Gasteiger partial charge is 0.243 e. The molecule has 0 unspecified atom stereocenters. The Kier molecular flexibility index (Phi) is 5.87. The summed E-state index contributed by atoms with van der Waals surface area (Å²) in [5.41, 5.74) is 0. The molecule has 0 aliphatic carbocycles. The van der Waals surface area contributed by atoms with E-state index in [2.05, 4.69) is 10.1 Å². The predicted octanol–water partition coefficient (Wildman–Crippen LogP) is 0.347. The fourth-order valence-electron chi connectivity index (χ4n) is 2.84. The van der Waals surface area contributed by atoms with E-state index in [4.69, 9.17) is 9.66 Å². The molecular formula is C16H23N5O5S2. The van der Waals surface area contributed by atoms with Crippen LogP contribution in [0.25, 0.3) is 0 Å². The molecule has 154 valence electrons. The van der Waals surface area contributed by atoms with E-state index in [1.165, 1.54) is 28.6 Å². The first-order chi connectivity index (χ1) is 13.1. The van der Waals surface area contributed by atoms with Crippen molar-refractivity contribution in [2.45, 2.75) is 36.1 Å². The van der Waals surface area contributed by atoms with Gasteiger partial charge in [-0.25, -0.2) is 22.0 Å². The van der Waals surface area contributed by atoms with Gasteiger partial charge in [-0.15, -0.1) is 0 Å². The Morgan fingerprint density at radius 2 is 1.61 bits per heavy atom. The second-order valence-corrected chi connectivity index (χ2v) is 10.4. The highest BCUT2D eigenvalue weighted by atomic mass is 32.2. The fourth-order valence-corrected chi connectivity index (χ4v) is 4.77. The largest absolute Gasteiger partial charge is 0.338 e. The van der Waals surface area contributed by atoms with E-state index in [0.29, 0.717) is 44.4 Å². The first-order valence-electron chi connectivity index (χ1n) is 8.75. The van der Waals surface area contributed by atoms with Crippen LogP contribution in [0.5, 0.6) is 0 Å². The number of primary sulfonamides is 1. The molecule has 0 atom stereocenters. The number of piperazine rings is 1. The lowest BCUT2D eigenvalue weighted by Gasteiger charge is -2.33. The number of hydrogen-bond acceptors (Lipinski definition) is 8. The zero-order valence-corrected chi connectivity index (χ0v) is 17.3. The summed E-state index contributed by atoms with van der Waals surface area (Å²) >= 11 is 0. The third-order valence-electron chi connectivity index (χ3n) is 4.48. The monoisotopic (exact) mass is 429 g/mol. The lowest BCUT2D eigenvalue weighted by Crippen LogP contribution is -2.48. The van der Waals surface area contributed by atoms with Crippen LogP contribution in [0.2, 0.25) is 0 Å². The topological polar surface area (TPSA) is 140 Å². The van der Waals surface area contributed by atoms with Gasteiger partial charge in [0.05, 0.1) is 16.3 Å². The van der Waals surface area contributed by atoms with Crippen LogP contribution in [0.3, 0.4) is 0 Å². The van der Waals surface area contributed by atoms with Crippen molar-refractivity contribution in [3.8, 4) is 0 Å². The molecule has 0 spiro atoms. The summed E-state index contributed by atoms with van der Waals surface area (Å²) < 4.78 is 54.8. The molecule has 1 saturated heterocycles. The summed E-state index contributed by atoms with van der Waals surface area (Å²) in [6, 6.07) is 4.90. The molecule has 0 saturated carbocycles. The molecular weight excluding hydrogens is 406 g/mol. The average Bonchev–Trinajstić information content (AvgIpc) is 3.10. The maximum absolute atomic E-state index is 12.8. The van der Waals surface area contributed by atoms with Gasteiger partial charge in [-0.2, -0.15) is 9.29 Å². The first kappa shape index (κ1) is 20.9. The van der Waals surface area contributed by atoms with E-state index in [-0.39, 0.29) is 15.7 Å². The molecule has 2 heterocycles. The van der Waals surface area contributed by atoms with Crippen molar-refractivity contribution < 1.29 is 21.4 Å². The van der Waals surface area contributed by atoms with Crippen molar-refractivity contribution in [1.29, 1.82) is 0 Å². The van der Waals surface area contributed by atoms with Crippen molar-refractivity contribution in [1.82, 2.24) is 19.3 Å². The zero-order valence-electron chi connectivity index (χ0n) is 15.6. The molecule has 1 aromatic heterocycles. The van der Waals surface area contributed by atoms with E-state index in [1.807, 2.05) is 18.7 Å². The summed E-state index contributed by atoms with van der Waals surface area (Å²) in [5.74, 6) is 1.35. The molecule has 28 heavy (non-hydrogen) atoms. The molecule has 10 nitrogen and oxygen atoms in total. The van der Waals surface area contributed by atoms with Crippen molar-refractivity contribution >= 4 is 20.0 Å². The summed E-state index contributed by atoms with van der Waals surface area (Å²) in [6.45, 7) is 6.09. The number of sulfonamides is 2. The van der Waals surface area contributed by atoms with Gasteiger partial charge >= 0.3 is 0 Å².